The number of ether oxygens (including phenoxy) is 3. The number of methoxy groups -OCH3 is 1. The van der Waals surface area contributed by atoms with Crippen molar-refractivity contribution in [1.82, 2.24) is 4.90 Å². The monoisotopic (exact) mass is 369 g/mol. The number of carbonyl (C=O) groups excluding carboxylic acids is 1. The summed E-state index contributed by atoms with van der Waals surface area (Å²) in [7, 11) is 3.86. The molecule has 1 aromatic rings. The van der Waals surface area contributed by atoms with Crippen LogP contribution in [0.4, 0.5) is 0 Å². The Balaban J connectivity index is 1.47. The molecule has 0 bridgehead atoms. The zero-order valence-electron chi connectivity index (χ0n) is 16.1. The second-order valence-electron chi connectivity index (χ2n) is 8.54. The van der Waals surface area contributed by atoms with Gasteiger partial charge >= 0.3 is 5.97 Å². The zero-order valence-corrected chi connectivity index (χ0v) is 16.1. The fourth-order valence-electron chi connectivity index (χ4n) is 4.93. The van der Waals surface area contributed by atoms with Crippen LogP contribution >= 0.6 is 0 Å². The fourth-order valence-corrected chi connectivity index (χ4v) is 4.93. The Bertz CT molecular complexity index is 800. The number of hydrogen-bond donors (Lipinski definition) is 0. The number of benzene rings is 1. The summed E-state index contributed by atoms with van der Waals surface area (Å²) in [4.78, 5) is 14.5. The lowest BCUT2D eigenvalue weighted by molar-refractivity contribution is -0.148. The molecule has 2 heterocycles. The number of nitrogens with zero attached hydrogens (tertiary/aromatic N) is 1. The van der Waals surface area contributed by atoms with E-state index < -0.39 is 0 Å². The molecule has 3 atom stereocenters. The molecule has 5 rings (SSSR count). The van der Waals surface area contributed by atoms with Gasteiger partial charge in [-0.3, -0.25) is 4.79 Å². The predicted octanol–water partition coefficient (Wildman–Crippen LogP) is 3.20. The van der Waals surface area contributed by atoms with E-state index in [1.165, 1.54) is 11.1 Å². The topological polar surface area (TPSA) is 48.0 Å². The van der Waals surface area contributed by atoms with Crippen LogP contribution in [0.25, 0.3) is 0 Å². The molecule has 2 aliphatic heterocycles. The van der Waals surface area contributed by atoms with E-state index in [0.29, 0.717) is 18.8 Å². The van der Waals surface area contributed by atoms with Gasteiger partial charge in [0.05, 0.1) is 12.5 Å². The summed E-state index contributed by atoms with van der Waals surface area (Å²) in [6.07, 6.45) is 8.72. The van der Waals surface area contributed by atoms with E-state index in [1.807, 2.05) is 6.07 Å². The highest BCUT2D eigenvalue weighted by Gasteiger charge is 2.53. The van der Waals surface area contributed by atoms with Gasteiger partial charge in [-0.25, -0.2) is 0 Å². The number of esters is 1. The number of carbonyl (C=O) groups is 1. The second kappa shape index (κ2) is 6.26. The maximum Gasteiger partial charge on any atom is 0.306 e. The summed E-state index contributed by atoms with van der Waals surface area (Å²) in [5.74, 6) is 2.15. The fraction of sp³-hybridized carbons (Fsp3) is 0.591. The summed E-state index contributed by atoms with van der Waals surface area (Å²) in [6.45, 7) is 1.92. The molecule has 0 N–H and O–H groups in total. The first-order valence-electron chi connectivity index (χ1n) is 10.0. The molecule has 0 aromatic heterocycles. The third kappa shape index (κ3) is 2.83. The van der Waals surface area contributed by atoms with Gasteiger partial charge in [0.2, 0.25) is 0 Å². The minimum atomic E-state index is -0.198. The molecule has 5 heteroatoms. The molecule has 0 radical (unpaired) electrons. The van der Waals surface area contributed by atoms with E-state index in [1.54, 1.807) is 7.11 Å². The Labute approximate surface area is 160 Å². The third-order valence-corrected chi connectivity index (χ3v) is 6.57. The maximum absolute atomic E-state index is 12.2. The van der Waals surface area contributed by atoms with Crippen LogP contribution in [0.15, 0.2) is 24.3 Å². The van der Waals surface area contributed by atoms with Gasteiger partial charge in [-0.15, -0.1) is 0 Å². The van der Waals surface area contributed by atoms with Crippen molar-refractivity contribution < 1.29 is 19.0 Å². The Morgan fingerprint density at radius 3 is 3.00 bits per heavy atom. The van der Waals surface area contributed by atoms with Crippen molar-refractivity contribution in [2.24, 2.45) is 5.92 Å². The molecule has 0 unspecified atom stereocenters. The molecule has 144 valence electrons. The second-order valence-corrected chi connectivity index (χ2v) is 8.54. The van der Waals surface area contributed by atoms with Crippen LogP contribution in [0, 0.1) is 5.92 Å². The zero-order chi connectivity index (χ0) is 18.6. The molecular weight excluding hydrogens is 342 g/mol. The molecule has 1 fully saturated rings. The van der Waals surface area contributed by atoms with Crippen LogP contribution in [-0.4, -0.2) is 43.8 Å². The van der Waals surface area contributed by atoms with Crippen molar-refractivity contribution in [2.75, 3.05) is 20.7 Å². The lowest BCUT2D eigenvalue weighted by atomic mass is 9.69. The molecule has 1 saturated carbocycles. The van der Waals surface area contributed by atoms with Crippen LogP contribution in [0.1, 0.15) is 43.2 Å². The smallest absolute Gasteiger partial charge is 0.306 e. The first-order chi connectivity index (χ1) is 13.1. The summed E-state index contributed by atoms with van der Waals surface area (Å²) >= 11 is 0. The van der Waals surface area contributed by atoms with Crippen molar-refractivity contribution in [3.63, 3.8) is 0 Å². The molecule has 5 nitrogen and oxygen atoms in total. The van der Waals surface area contributed by atoms with Crippen molar-refractivity contribution in [1.29, 1.82) is 0 Å². The van der Waals surface area contributed by atoms with E-state index >= 15 is 0 Å². The Morgan fingerprint density at radius 1 is 1.37 bits per heavy atom. The largest absolute Gasteiger partial charge is 0.493 e. The minimum Gasteiger partial charge on any atom is -0.493 e. The van der Waals surface area contributed by atoms with E-state index in [0.717, 1.165) is 43.9 Å². The lowest BCUT2D eigenvalue weighted by Gasteiger charge is -2.36. The SMILES string of the molecule is COc1ccc2c3c1O[C@H]1C[C@@H](OC(=O)CC4CC4)C=C[C@@]31CCN(C)C2. The van der Waals surface area contributed by atoms with Gasteiger partial charge in [-0.2, -0.15) is 0 Å². The molecule has 27 heavy (non-hydrogen) atoms. The van der Waals surface area contributed by atoms with E-state index in [-0.39, 0.29) is 23.6 Å². The molecule has 1 spiro atoms. The van der Waals surface area contributed by atoms with Gasteiger partial charge in [-0.05, 0) is 56.5 Å². The molecule has 2 aliphatic carbocycles. The van der Waals surface area contributed by atoms with Crippen LogP contribution in [0.5, 0.6) is 11.5 Å². The van der Waals surface area contributed by atoms with Crippen LogP contribution in [-0.2, 0) is 21.5 Å². The highest BCUT2D eigenvalue weighted by Crippen LogP contribution is 2.55. The Hall–Kier alpha value is -2.01. The average molecular weight is 369 g/mol. The van der Waals surface area contributed by atoms with Crippen molar-refractivity contribution in [2.45, 2.75) is 56.3 Å². The molecule has 1 aromatic carbocycles. The average Bonchev–Trinajstić information content (AvgIpc) is 3.40. The first kappa shape index (κ1) is 17.1. The third-order valence-electron chi connectivity index (χ3n) is 6.57. The van der Waals surface area contributed by atoms with E-state index in [9.17, 15) is 4.79 Å². The number of hydrogen-bond acceptors (Lipinski definition) is 5. The van der Waals surface area contributed by atoms with Gasteiger partial charge < -0.3 is 19.1 Å². The van der Waals surface area contributed by atoms with Crippen molar-refractivity contribution in [3.8, 4) is 11.5 Å². The Kier molecular flexibility index (Phi) is 3.97. The van der Waals surface area contributed by atoms with Crippen molar-refractivity contribution in [3.05, 3.63) is 35.4 Å². The highest BCUT2D eigenvalue weighted by atomic mass is 16.6. The van der Waals surface area contributed by atoms with E-state index in [2.05, 4.69) is 30.2 Å². The van der Waals surface area contributed by atoms with Crippen LogP contribution in [0.3, 0.4) is 0 Å². The minimum absolute atomic E-state index is 0.0159. The van der Waals surface area contributed by atoms with Gasteiger partial charge in [0, 0.05) is 24.9 Å². The van der Waals surface area contributed by atoms with Crippen LogP contribution < -0.4 is 9.47 Å². The molecule has 4 aliphatic rings. The summed E-state index contributed by atoms with van der Waals surface area (Å²) in [5.41, 5.74) is 2.43. The maximum atomic E-state index is 12.2. The predicted molar refractivity (Wildman–Crippen MR) is 101 cm³/mol. The standard InChI is InChI=1S/C22H27NO4/c1-23-10-9-22-8-7-16(26-19(24)11-14-3-4-14)12-18(22)27-21-17(25-2)6-5-15(13-23)20(21)22/h5-8,14,16,18H,3-4,9-13H2,1-2H3/t16-,18-,22-/m0/s1. The molecule has 0 amide bonds. The van der Waals surface area contributed by atoms with Crippen LogP contribution in [0.2, 0.25) is 0 Å². The van der Waals surface area contributed by atoms with E-state index in [4.69, 9.17) is 14.2 Å². The molecular formula is C22H27NO4. The van der Waals surface area contributed by atoms with Gasteiger partial charge in [-0.1, -0.05) is 12.1 Å². The van der Waals surface area contributed by atoms with Gasteiger partial charge in [0.15, 0.2) is 11.5 Å². The van der Waals surface area contributed by atoms with Gasteiger partial charge in [0.25, 0.3) is 0 Å². The highest BCUT2D eigenvalue weighted by molar-refractivity contribution is 5.70. The summed E-state index contributed by atoms with van der Waals surface area (Å²) in [6, 6.07) is 4.18. The normalized spacial score (nSPS) is 31.5. The lowest BCUT2D eigenvalue weighted by Crippen LogP contribution is -2.43. The Morgan fingerprint density at radius 2 is 2.22 bits per heavy atom. The quantitative estimate of drug-likeness (QED) is 0.603. The van der Waals surface area contributed by atoms with Crippen molar-refractivity contribution >= 4 is 5.97 Å². The summed E-state index contributed by atoms with van der Waals surface area (Å²) in [5, 5.41) is 0. The number of rotatable bonds is 4. The summed E-state index contributed by atoms with van der Waals surface area (Å²) < 4.78 is 17.8. The van der Waals surface area contributed by atoms with Gasteiger partial charge in [0.1, 0.15) is 12.2 Å². The molecule has 0 saturated heterocycles. The first-order valence-corrected chi connectivity index (χ1v) is 10.0.